The minimum Gasteiger partial charge on any atom is -0.308 e. The first-order valence-electron chi connectivity index (χ1n) is 10.2. The average molecular weight is 383 g/mol. The van der Waals surface area contributed by atoms with Gasteiger partial charge in [0.2, 0.25) is 0 Å². The lowest BCUT2D eigenvalue weighted by Gasteiger charge is -2.39. The molecule has 0 bridgehead atoms. The van der Waals surface area contributed by atoms with Gasteiger partial charge in [0.15, 0.2) is 0 Å². The summed E-state index contributed by atoms with van der Waals surface area (Å²) in [5.41, 5.74) is 6.30. The maximum atomic E-state index is 5.13. The smallest absolute Gasteiger partial charge is 0.109 e. The SMILES string of the molecule is CCc1ccccc1/N=C(\C)N(c1ccccc1CC)P(C(C)C)C(C)C. The summed E-state index contributed by atoms with van der Waals surface area (Å²) in [7, 11) is -0.387. The number of hydrogen-bond donors (Lipinski definition) is 0. The van der Waals surface area contributed by atoms with Gasteiger partial charge in [-0.15, -0.1) is 0 Å². The highest BCUT2D eigenvalue weighted by atomic mass is 31.1. The van der Waals surface area contributed by atoms with Crippen molar-refractivity contribution in [1.29, 1.82) is 0 Å². The van der Waals surface area contributed by atoms with Gasteiger partial charge in [0.05, 0.1) is 5.69 Å². The zero-order chi connectivity index (χ0) is 20.0. The van der Waals surface area contributed by atoms with Gasteiger partial charge in [-0.3, -0.25) is 0 Å². The van der Waals surface area contributed by atoms with E-state index >= 15 is 0 Å². The van der Waals surface area contributed by atoms with Crippen molar-refractivity contribution in [3.8, 4) is 0 Å². The molecule has 2 nitrogen and oxygen atoms in total. The molecule has 0 fully saturated rings. The highest BCUT2D eigenvalue weighted by Crippen LogP contribution is 2.53. The van der Waals surface area contributed by atoms with E-state index in [-0.39, 0.29) is 8.07 Å². The van der Waals surface area contributed by atoms with E-state index in [9.17, 15) is 0 Å². The van der Waals surface area contributed by atoms with E-state index in [1.165, 1.54) is 16.8 Å². The van der Waals surface area contributed by atoms with Crippen LogP contribution in [0.4, 0.5) is 11.4 Å². The molecule has 0 aliphatic rings. The molecular formula is C24H35N2P. The second-order valence-corrected chi connectivity index (χ2v) is 10.7. The summed E-state index contributed by atoms with van der Waals surface area (Å²) in [5.74, 6) is 1.10. The standard InChI is InChI=1S/C24H35N2P/c1-8-21-14-10-12-16-23(21)25-20(7)26(27(18(3)4)19(5)6)24-17-13-11-15-22(24)9-2/h10-19H,8-9H2,1-7H3/b25-20+. The van der Waals surface area contributed by atoms with Gasteiger partial charge in [-0.2, -0.15) is 0 Å². The third kappa shape index (κ3) is 5.20. The number of aliphatic imine (C=N–C) groups is 1. The maximum absolute atomic E-state index is 5.13. The minimum atomic E-state index is -0.387. The summed E-state index contributed by atoms with van der Waals surface area (Å²) >= 11 is 0. The topological polar surface area (TPSA) is 15.6 Å². The average Bonchev–Trinajstić information content (AvgIpc) is 2.65. The lowest BCUT2D eigenvalue weighted by Crippen LogP contribution is -2.30. The Bertz CT molecular complexity index is 756. The molecule has 0 unspecified atom stereocenters. The molecule has 0 heterocycles. The predicted octanol–water partition coefficient (Wildman–Crippen LogP) is 7.58. The highest BCUT2D eigenvalue weighted by molar-refractivity contribution is 7.61. The lowest BCUT2D eigenvalue weighted by atomic mass is 10.1. The molecule has 27 heavy (non-hydrogen) atoms. The maximum Gasteiger partial charge on any atom is 0.109 e. The Hall–Kier alpha value is -1.66. The zero-order valence-electron chi connectivity index (χ0n) is 18.0. The molecule has 3 heteroatoms. The van der Waals surface area contributed by atoms with Crippen LogP contribution in [-0.4, -0.2) is 17.2 Å². The van der Waals surface area contributed by atoms with Gasteiger partial charge in [-0.25, -0.2) is 4.99 Å². The fraction of sp³-hybridized carbons (Fsp3) is 0.458. The van der Waals surface area contributed by atoms with Crippen molar-refractivity contribution >= 4 is 25.3 Å². The first-order chi connectivity index (χ1) is 12.9. The molecule has 0 amide bonds. The van der Waals surface area contributed by atoms with Crippen molar-refractivity contribution in [3.63, 3.8) is 0 Å². The first kappa shape index (κ1) is 21.6. The van der Waals surface area contributed by atoms with Crippen LogP contribution < -0.4 is 4.67 Å². The van der Waals surface area contributed by atoms with Gasteiger partial charge < -0.3 is 4.67 Å². The van der Waals surface area contributed by atoms with Gasteiger partial charge in [0.1, 0.15) is 5.84 Å². The van der Waals surface area contributed by atoms with E-state index in [0.717, 1.165) is 24.4 Å². The molecule has 0 N–H and O–H groups in total. The van der Waals surface area contributed by atoms with Gasteiger partial charge in [0.25, 0.3) is 0 Å². The number of aryl methyl sites for hydroxylation is 2. The third-order valence-electron chi connectivity index (χ3n) is 4.85. The van der Waals surface area contributed by atoms with Crippen molar-refractivity contribution in [3.05, 3.63) is 59.7 Å². The number of nitrogens with zero attached hydrogens (tertiary/aromatic N) is 2. The van der Waals surface area contributed by atoms with E-state index in [2.05, 4.69) is 102 Å². The Kier molecular flexibility index (Phi) is 8.05. The van der Waals surface area contributed by atoms with E-state index in [0.29, 0.717) is 11.3 Å². The molecule has 0 aliphatic carbocycles. The molecule has 2 aromatic rings. The van der Waals surface area contributed by atoms with Crippen molar-refractivity contribution in [1.82, 2.24) is 0 Å². The van der Waals surface area contributed by atoms with E-state index in [1.54, 1.807) is 0 Å². The summed E-state index contributed by atoms with van der Waals surface area (Å²) < 4.78 is 2.55. The fourth-order valence-electron chi connectivity index (χ4n) is 3.68. The number of hydrogen-bond acceptors (Lipinski definition) is 1. The Balaban J connectivity index is 2.63. The van der Waals surface area contributed by atoms with Crippen LogP contribution >= 0.6 is 8.07 Å². The molecule has 0 saturated heterocycles. The molecule has 0 aliphatic heterocycles. The summed E-state index contributed by atoms with van der Waals surface area (Å²) in [5, 5.41) is 0. The summed E-state index contributed by atoms with van der Waals surface area (Å²) in [4.78, 5) is 5.13. The van der Waals surface area contributed by atoms with Crippen LogP contribution in [-0.2, 0) is 12.8 Å². The molecule has 0 spiro atoms. The van der Waals surface area contributed by atoms with Crippen molar-refractivity contribution in [2.45, 2.75) is 72.6 Å². The quantitative estimate of drug-likeness (QED) is 0.274. The van der Waals surface area contributed by atoms with Crippen molar-refractivity contribution in [2.24, 2.45) is 4.99 Å². The zero-order valence-corrected chi connectivity index (χ0v) is 18.9. The van der Waals surface area contributed by atoms with Crippen molar-refractivity contribution in [2.75, 3.05) is 4.67 Å². The largest absolute Gasteiger partial charge is 0.308 e. The van der Waals surface area contributed by atoms with Gasteiger partial charge in [0, 0.05) is 13.8 Å². The van der Waals surface area contributed by atoms with Crippen LogP contribution in [0.25, 0.3) is 0 Å². The summed E-state index contributed by atoms with van der Waals surface area (Å²) in [6.07, 6.45) is 2.03. The molecule has 0 atom stereocenters. The number of para-hydroxylation sites is 2. The Morgan fingerprint density at radius 1 is 0.852 bits per heavy atom. The van der Waals surface area contributed by atoms with E-state index < -0.39 is 0 Å². The first-order valence-corrected chi connectivity index (χ1v) is 11.6. The lowest BCUT2D eigenvalue weighted by molar-refractivity contribution is 0.997. The van der Waals surface area contributed by atoms with Crippen LogP contribution in [0.5, 0.6) is 0 Å². The number of amidine groups is 1. The highest BCUT2D eigenvalue weighted by Gasteiger charge is 2.28. The normalized spacial score (nSPS) is 12.3. The van der Waals surface area contributed by atoms with Gasteiger partial charge in [-0.05, 0) is 54.3 Å². The fourth-order valence-corrected chi connectivity index (χ4v) is 6.62. The molecule has 146 valence electrons. The number of anilines is 1. The Morgan fingerprint density at radius 2 is 1.37 bits per heavy atom. The molecule has 0 saturated carbocycles. The number of rotatable bonds is 7. The summed E-state index contributed by atoms with van der Waals surface area (Å²) in [6.45, 7) is 16.0. The van der Waals surface area contributed by atoms with Gasteiger partial charge in [-0.1, -0.05) is 77.9 Å². The van der Waals surface area contributed by atoms with E-state index in [1.807, 2.05) is 0 Å². The molecule has 2 aromatic carbocycles. The van der Waals surface area contributed by atoms with Crippen LogP contribution in [0.15, 0.2) is 53.5 Å². The van der Waals surface area contributed by atoms with Crippen LogP contribution in [0.3, 0.4) is 0 Å². The molecule has 0 radical (unpaired) electrons. The molecule has 2 rings (SSSR count). The Morgan fingerprint density at radius 3 is 1.93 bits per heavy atom. The summed E-state index contributed by atoms with van der Waals surface area (Å²) in [6, 6.07) is 17.3. The minimum absolute atomic E-state index is 0.387. The molecule has 0 aromatic heterocycles. The second kappa shape index (κ2) is 10.0. The van der Waals surface area contributed by atoms with Crippen LogP contribution in [0, 0.1) is 0 Å². The Labute approximate surface area is 167 Å². The number of benzene rings is 2. The van der Waals surface area contributed by atoms with Crippen LogP contribution in [0.2, 0.25) is 0 Å². The predicted molar refractivity (Wildman–Crippen MR) is 124 cm³/mol. The third-order valence-corrected chi connectivity index (χ3v) is 7.93. The molecular weight excluding hydrogens is 347 g/mol. The van der Waals surface area contributed by atoms with E-state index in [4.69, 9.17) is 4.99 Å². The monoisotopic (exact) mass is 382 g/mol. The van der Waals surface area contributed by atoms with Crippen molar-refractivity contribution < 1.29 is 0 Å². The van der Waals surface area contributed by atoms with Crippen LogP contribution in [0.1, 0.15) is 59.6 Å². The van der Waals surface area contributed by atoms with Gasteiger partial charge >= 0.3 is 0 Å². The second-order valence-electron chi connectivity index (χ2n) is 7.50.